The van der Waals surface area contributed by atoms with Crippen LogP contribution in [0.15, 0.2) is 60.9 Å². The SMILES string of the molecule is Cc1ccccc1CNc1cc(N2CCN(c3ccc(F)cc3)CC2)ncn1. The van der Waals surface area contributed by atoms with Crippen LogP contribution < -0.4 is 15.1 Å². The van der Waals surface area contributed by atoms with Gasteiger partial charge in [0.2, 0.25) is 0 Å². The standard InChI is InChI=1S/C22H24FN5/c1-17-4-2-3-5-18(17)15-24-21-14-22(26-16-25-21)28-12-10-27(11-13-28)20-8-6-19(23)7-9-20/h2-9,14,16H,10-13,15H2,1H3,(H,24,25,26). The first-order chi connectivity index (χ1) is 13.7. The summed E-state index contributed by atoms with van der Waals surface area (Å²) in [5.74, 6) is 1.56. The van der Waals surface area contributed by atoms with Crippen molar-refractivity contribution < 1.29 is 4.39 Å². The molecule has 2 aromatic carbocycles. The van der Waals surface area contributed by atoms with Crippen molar-refractivity contribution >= 4 is 17.3 Å². The van der Waals surface area contributed by atoms with Crippen molar-refractivity contribution in [2.75, 3.05) is 41.3 Å². The third-order valence-corrected chi connectivity index (χ3v) is 5.17. The van der Waals surface area contributed by atoms with Crippen molar-refractivity contribution in [1.82, 2.24) is 9.97 Å². The van der Waals surface area contributed by atoms with Crippen LogP contribution in [-0.4, -0.2) is 36.1 Å². The van der Waals surface area contributed by atoms with E-state index in [1.54, 1.807) is 6.33 Å². The molecule has 1 aliphatic rings. The highest BCUT2D eigenvalue weighted by Gasteiger charge is 2.18. The quantitative estimate of drug-likeness (QED) is 0.731. The predicted molar refractivity (Wildman–Crippen MR) is 111 cm³/mol. The lowest BCUT2D eigenvalue weighted by Gasteiger charge is -2.36. The van der Waals surface area contributed by atoms with E-state index in [-0.39, 0.29) is 5.82 Å². The highest BCUT2D eigenvalue weighted by molar-refractivity contribution is 5.52. The average Bonchev–Trinajstić information content (AvgIpc) is 2.74. The molecule has 1 saturated heterocycles. The zero-order chi connectivity index (χ0) is 19.3. The van der Waals surface area contributed by atoms with Gasteiger partial charge in [0, 0.05) is 44.5 Å². The summed E-state index contributed by atoms with van der Waals surface area (Å²) in [6, 6.07) is 17.0. The van der Waals surface area contributed by atoms with E-state index in [0.717, 1.165) is 50.0 Å². The van der Waals surface area contributed by atoms with Gasteiger partial charge in [-0.3, -0.25) is 0 Å². The molecule has 144 valence electrons. The number of nitrogens with one attached hydrogen (secondary N) is 1. The summed E-state index contributed by atoms with van der Waals surface area (Å²) in [6.07, 6.45) is 1.61. The van der Waals surface area contributed by atoms with Gasteiger partial charge in [-0.15, -0.1) is 0 Å². The number of aryl methyl sites for hydroxylation is 1. The van der Waals surface area contributed by atoms with Crippen LogP contribution in [0.25, 0.3) is 0 Å². The van der Waals surface area contributed by atoms with Gasteiger partial charge in [0.25, 0.3) is 0 Å². The fourth-order valence-corrected chi connectivity index (χ4v) is 3.46. The lowest BCUT2D eigenvalue weighted by Crippen LogP contribution is -2.46. The molecule has 0 aliphatic carbocycles. The number of rotatable bonds is 5. The molecule has 5 nitrogen and oxygen atoms in total. The van der Waals surface area contributed by atoms with Crippen molar-refractivity contribution in [2.24, 2.45) is 0 Å². The van der Waals surface area contributed by atoms with E-state index >= 15 is 0 Å². The van der Waals surface area contributed by atoms with E-state index < -0.39 is 0 Å². The molecule has 1 fully saturated rings. The van der Waals surface area contributed by atoms with Gasteiger partial charge in [0.15, 0.2) is 0 Å². The second-order valence-electron chi connectivity index (χ2n) is 6.99. The molecule has 3 aromatic rings. The lowest BCUT2D eigenvalue weighted by atomic mass is 10.1. The summed E-state index contributed by atoms with van der Waals surface area (Å²) >= 11 is 0. The molecule has 1 aromatic heterocycles. The normalized spacial score (nSPS) is 14.2. The molecule has 1 aliphatic heterocycles. The van der Waals surface area contributed by atoms with E-state index in [0.29, 0.717) is 0 Å². The van der Waals surface area contributed by atoms with Crippen LogP contribution in [0.2, 0.25) is 0 Å². The molecule has 6 heteroatoms. The average molecular weight is 377 g/mol. The first kappa shape index (κ1) is 18.2. The second kappa shape index (κ2) is 8.25. The number of aromatic nitrogens is 2. The van der Waals surface area contributed by atoms with Gasteiger partial charge in [-0.05, 0) is 42.3 Å². The van der Waals surface area contributed by atoms with Crippen LogP contribution in [0.1, 0.15) is 11.1 Å². The Morgan fingerprint density at radius 3 is 2.39 bits per heavy atom. The molecule has 0 spiro atoms. The summed E-state index contributed by atoms with van der Waals surface area (Å²) in [6.45, 7) is 6.34. The van der Waals surface area contributed by atoms with E-state index in [1.807, 2.05) is 24.3 Å². The number of nitrogens with zero attached hydrogens (tertiary/aromatic N) is 4. The van der Waals surface area contributed by atoms with Gasteiger partial charge < -0.3 is 15.1 Å². The maximum atomic E-state index is 13.1. The van der Waals surface area contributed by atoms with Crippen molar-refractivity contribution in [3.63, 3.8) is 0 Å². The van der Waals surface area contributed by atoms with Gasteiger partial charge >= 0.3 is 0 Å². The molecule has 0 unspecified atom stereocenters. The first-order valence-corrected chi connectivity index (χ1v) is 9.55. The minimum atomic E-state index is -0.200. The fraction of sp³-hybridized carbons (Fsp3) is 0.273. The summed E-state index contributed by atoms with van der Waals surface area (Å²) in [5, 5.41) is 3.40. The Bertz CT molecular complexity index is 920. The Balaban J connectivity index is 1.37. The molecule has 1 N–H and O–H groups in total. The third kappa shape index (κ3) is 4.22. The number of hydrogen-bond acceptors (Lipinski definition) is 5. The first-order valence-electron chi connectivity index (χ1n) is 9.55. The maximum absolute atomic E-state index is 13.1. The number of halogens is 1. The molecule has 0 bridgehead atoms. The van der Waals surface area contributed by atoms with Gasteiger partial charge in [-0.1, -0.05) is 24.3 Å². The Kier molecular flexibility index (Phi) is 5.37. The summed E-state index contributed by atoms with van der Waals surface area (Å²) in [5.41, 5.74) is 3.58. The zero-order valence-corrected chi connectivity index (χ0v) is 16.0. The summed E-state index contributed by atoms with van der Waals surface area (Å²) < 4.78 is 13.1. The van der Waals surface area contributed by atoms with Crippen LogP contribution in [0, 0.1) is 12.7 Å². The summed E-state index contributed by atoms with van der Waals surface area (Å²) in [4.78, 5) is 13.3. The van der Waals surface area contributed by atoms with Crippen molar-refractivity contribution in [3.05, 3.63) is 77.9 Å². The van der Waals surface area contributed by atoms with Gasteiger partial charge in [-0.25, -0.2) is 14.4 Å². The Labute approximate surface area is 164 Å². The predicted octanol–water partition coefficient (Wildman–Crippen LogP) is 3.86. The van der Waals surface area contributed by atoms with E-state index in [9.17, 15) is 4.39 Å². The lowest BCUT2D eigenvalue weighted by molar-refractivity contribution is 0.624. The zero-order valence-electron chi connectivity index (χ0n) is 16.0. The van der Waals surface area contributed by atoms with Crippen LogP contribution in [0.5, 0.6) is 0 Å². The van der Waals surface area contributed by atoms with E-state index in [2.05, 4.69) is 50.2 Å². The van der Waals surface area contributed by atoms with Crippen LogP contribution in [0.4, 0.5) is 21.7 Å². The van der Waals surface area contributed by atoms with Crippen LogP contribution >= 0.6 is 0 Å². The van der Waals surface area contributed by atoms with Crippen LogP contribution in [0.3, 0.4) is 0 Å². The molecular weight excluding hydrogens is 353 g/mol. The van der Waals surface area contributed by atoms with Gasteiger partial charge in [0.1, 0.15) is 23.8 Å². The number of anilines is 3. The molecule has 0 atom stereocenters. The topological polar surface area (TPSA) is 44.3 Å². The van der Waals surface area contributed by atoms with E-state index in [1.165, 1.54) is 23.3 Å². The molecule has 28 heavy (non-hydrogen) atoms. The maximum Gasteiger partial charge on any atom is 0.134 e. The van der Waals surface area contributed by atoms with Crippen molar-refractivity contribution in [2.45, 2.75) is 13.5 Å². The number of piperazine rings is 1. The minimum Gasteiger partial charge on any atom is -0.368 e. The Morgan fingerprint density at radius 1 is 0.929 bits per heavy atom. The third-order valence-electron chi connectivity index (χ3n) is 5.17. The van der Waals surface area contributed by atoms with Crippen LogP contribution in [-0.2, 0) is 6.54 Å². The summed E-state index contributed by atoms with van der Waals surface area (Å²) in [7, 11) is 0. The number of hydrogen-bond donors (Lipinski definition) is 1. The van der Waals surface area contributed by atoms with E-state index in [4.69, 9.17) is 0 Å². The van der Waals surface area contributed by atoms with Crippen molar-refractivity contribution in [3.8, 4) is 0 Å². The largest absolute Gasteiger partial charge is 0.368 e. The Hall–Kier alpha value is -3.15. The van der Waals surface area contributed by atoms with Crippen molar-refractivity contribution in [1.29, 1.82) is 0 Å². The van der Waals surface area contributed by atoms with Gasteiger partial charge in [0.05, 0.1) is 0 Å². The highest BCUT2D eigenvalue weighted by atomic mass is 19.1. The molecular formula is C22H24FN5. The molecule has 4 rings (SSSR count). The molecule has 0 saturated carbocycles. The van der Waals surface area contributed by atoms with Gasteiger partial charge in [-0.2, -0.15) is 0 Å². The molecule has 0 radical (unpaired) electrons. The Morgan fingerprint density at radius 2 is 1.64 bits per heavy atom. The highest BCUT2D eigenvalue weighted by Crippen LogP contribution is 2.21. The minimum absolute atomic E-state index is 0.200. The monoisotopic (exact) mass is 377 g/mol. The smallest absolute Gasteiger partial charge is 0.134 e. The fourth-order valence-electron chi connectivity index (χ4n) is 3.46. The molecule has 0 amide bonds. The second-order valence-corrected chi connectivity index (χ2v) is 6.99. The molecule has 2 heterocycles. The number of benzene rings is 2.